The second-order valence-electron chi connectivity index (χ2n) is 7.51. The van der Waals surface area contributed by atoms with Crippen LogP contribution in [-0.4, -0.2) is 96.4 Å². The average Bonchev–Trinajstić information content (AvgIpc) is 2.94. The minimum atomic E-state index is 0.296. The standard InChI is InChI=1S/C19H31N5O/c1-21(2)18-6-11-23(15-18)16-19(25)24-10-3-9-22(12-13-24)14-17-4-7-20-8-5-17/h4-5,7-8,18H,3,6,9-16H2,1-2H3/t18-/m1/s1. The lowest BCUT2D eigenvalue weighted by molar-refractivity contribution is -0.132. The third kappa shape index (κ3) is 5.23. The number of likely N-dealkylation sites (tertiary alicyclic amines) is 1. The molecule has 3 rings (SSSR count). The fraction of sp³-hybridized carbons (Fsp3) is 0.684. The molecule has 6 nitrogen and oxygen atoms in total. The molecule has 0 aromatic carbocycles. The van der Waals surface area contributed by atoms with Crippen LogP contribution in [0.3, 0.4) is 0 Å². The van der Waals surface area contributed by atoms with E-state index in [1.54, 1.807) is 0 Å². The van der Waals surface area contributed by atoms with Crippen LogP contribution >= 0.6 is 0 Å². The van der Waals surface area contributed by atoms with Gasteiger partial charge in [-0.2, -0.15) is 0 Å². The van der Waals surface area contributed by atoms with Gasteiger partial charge < -0.3 is 9.80 Å². The smallest absolute Gasteiger partial charge is 0.236 e. The van der Waals surface area contributed by atoms with Crippen LogP contribution in [0, 0.1) is 0 Å². The number of aromatic nitrogens is 1. The van der Waals surface area contributed by atoms with Crippen molar-refractivity contribution in [2.75, 3.05) is 59.9 Å². The van der Waals surface area contributed by atoms with Gasteiger partial charge in [0.1, 0.15) is 0 Å². The molecule has 25 heavy (non-hydrogen) atoms. The lowest BCUT2D eigenvalue weighted by Gasteiger charge is -2.25. The summed E-state index contributed by atoms with van der Waals surface area (Å²) in [5.41, 5.74) is 1.29. The fourth-order valence-corrected chi connectivity index (χ4v) is 3.79. The molecule has 6 heteroatoms. The van der Waals surface area contributed by atoms with Gasteiger partial charge in [0.15, 0.2) is 0 Å². The highest BCUT2D eigenvalue weighted by Crippen LogP contribution is 2.14. The minimum absolute atomic E-state index is 0.296. The number of nitrogens with zero attached hydrogens (tertiary/aromatic N) is 5. The Kier molecular flexibility index (Phi) is 6.39. The van der Waals surface area contributed by atoms with Gasteiger partial charge in [0.25, 0.3) is 0 Å². The number of likely N-dealkylation sites (N-methyl/N-ethyl adjacent to an activating group) is 1. The molecular weight excluding hydrogens is 314 g/mol. The predicted octanol–water partition coefficient (Wildman–Crippen LogP) is 0.752. The molecule has 1 aromatic heterocycles. The van der Waals surface area contributed by atoms with Gasteiger partial charge in [-0.15, -0.1) is 0 Å². The summed E-state index contributed by atoms with van der Waals surface area (Å²) in [6.45, 7) is 7.31. The number of hydrogen-bond acceptors (Lipinski definition) is 5. The maximum atomic E-state index is 12.7. The van der Waals surface area contributed by atoms with E-state index in [2.05, 4.69) is 50.8 Å². The molecule has 0 N–H and O–H groups in total. The first kappa shape index (κ1) is 18.3. The molecule has 0 unspecified atom stereocenters. The van der Waals surface area contributed by atoms with Crippen molar-refractivity contribution < 1.29 is 4.79 Å². The summed E-state index contributed by atoms with van der Waals surface area (Å²) in [5, 5.41) is 0. The normalized spacial score (nSPS) is 23.2. The number of rotatable bonds is 5. The van der Waals surface area contributed by atoms with E-state index >= 15 is 0 Å². The third-order valence-electron chi connectivity index (χ3n) is 5.43. The molecule has 1 atom stereocenters. The topological polar surface area (TPSA) is 42.9 Å². The maximum absolute atomic E-state index is 12.7. The molecule has 1 amide bonds. The van der Waals surface area contributed by atoms with Crippen LogP contribution in [0.1, 0.15) is 18.4 Å². The molecule has 0 spiro atoms. The van der Waals surface area contributed by atoms with Crippen molar-refractivity contribution in [2.45, 2.75) is 25.4 Å². The highest BCUT2D eigenvalue weighted by Gasteiger charge is 2.27. The van der Waals surface area contributed by atoms with Crippen molar-refractivity contribution in [3.63, 3.8) is 0 Å². The van der Waals surface area contributed by atoms with Crippen LogP contribution in [0.4, 0.5) is 0 Å². The van der Waals surface area contributed by atoms with E-state index in [-0.39, 0.29) is 0 Å². The van der Waals surface area contributed by atoms with E-state index in [9.17, 15) is 4.79 Å². The first-order chi connectivity index (χ1) is 12.1. The Balaban J connectivity index is 1.45. The molecule has 2 aliphatic rings. The molecule has 0 aliphatic carbocycles. The molecule has 138 valence electrons. The lowest BCUT2D eigenvalue weighted by atomic mass is 10.2. The summed E-state index contributed by atoms with van der Waals surface area (Å²) in [6, 6.07) is 4.73. The Morgan fingerprint density at radius 1 is 1.12 bits per heavy atom. The molecule has 2 saturated heterocycles. The Labute approximate surface area is 151 Å². The van der Waals surface area contributed by atoms with Gasteiger partial charge >= 0.3 is 0 Å². The van der Waals surface area contributed by atoms with Crippen LogP contribution in [0.5, 0.6) is 0 Å². The molecule has 0 bridgehead atoms. The van der Waals surface area contributed by atoms with Gasteiger partial charge in [0.2, 0.25) is 5.91 Å². The van der Waals surface area contributed by atoms with E-state index in [1.165, 1.54) is 12.0 Å². The van der Waals surface area contributed by atoms with Gasteiger partial charge in [-0.05, 0) is 44.6 Å². The largest absolute Gasteiger partial charge is 0.340 e. The molecule has 1 aromatic rings. The Hall–Kier alpha value is -1.50. The van der Waals surface area contributed by atoms with E-state index in [0.717, 1.165) is 52.2 Å². The fourth-order valence-electron chi connectivity index (χ4n) is 3.79. The number of amides is 1. The van der Waals surface area contributed by atoms with Crippen LogP contribution in [0.25, 0.3) is 0 Å². The zero-order valence-electron chi connectivity index (χ0n) is 15.6. The third-order valence-corrected chi connectivity index (χ3v) is 5.43. The van der Waals surface area contributed by atoms with Crippen LogP contribution in [-0.2, 0) is 11.3 Å². The Bertz CT molecular complexity index is 550. The summed E-state index contributed by atoms with van der Waals surface area (Å²) in [6.07, 6.45) is 5.91. The minimum Gasteiger partial charge on any atom is -0.340 e. The lowest BCUT2D eigenvalue weighted by Crippen LogP contribution is -2.42. The van der Waals surface area contributed by atoms with Crippen molar-refractivity contribution in [2.24, 2.45) is 0 Å². The van der Waals surface area contributed by atoms with Gasteiger partial charge in [-0.1, -0.05) is 0 Å². The molecule has 2 aliphatic heterocycles. The van der Waals surface area contributed by atoms with Crippen LogP contribution in [0.15, 0.2) is 24.5 Å². The monoisotopic (exact) mass is 345 g/mol. The Morgan fingerprint density at radius 2 is 1.92 bits per heavy atom. The van der Waals surface area contributed by atoms with Crippen molar-refractivity contribution in [1.29, 1.82) is 0 Å². The first-order valence-electron chi connectivity index (χ1n) is 9.39. The molecule has 0 saturated carbocycles. The molecule has 2 fully saturated rings. The maximum Gasteiger partial charge on any atom is 0.236 e. The number of carbonyl (C=O) groups is 1. The van der Waals surface area contributed by atoms with Crippen LogP contribution in [0.2, 0.25) is 0 Å². The molecular formula is C19H31N5O. The number of carbonyl (C=O) groups excluding carboxylic acids is 1. The highest BCUT2D eigenvalue weighted by molar-refractivity contribution is 5.78. The summed E-state index contributed by atoms with van der Waals surface area (Å²) >= 11 is 0. The second kappa shape index (κ2) is 8.74. The first-order valence-corrected chi connectivity index (χ1v) is 9.39. The molecule has 0 radical (unpaired) electrons. The second-order valence-corrected chi connectivity index (χ2v) is 7.51. The van der Waals surface area contributed by atoms with Crippen molar-refractivity contribution in [3.05, 3.63) is 30.1 Å². The quantitative estimate of drug-likeness (QED) is 0.788. The van der Waals surface area contributed by atoms with Gasteiger partial charge in [-0.3, -0.25) is 19.6 Å². The predicted molar refractivity (Wildman–Crippen MR) is 99.2 cm³/mol. The van der Waals surface area contributed by atoms with Crippen molar-refractivity contribution in [3.8, 4) is 0 Å². The van der Waals surface area contributed by atoms with Gasteiger partial charge in [0.05, 0.1) is 6.54 Å². The average molecular weight is 345 g/mol. The molecule has 3 heterocycles. The summed E-state index contributed by atoms with van der Waals surface area (Å²) < 4.78 is 0. The summed E-state index contributed by atoms with van der Waals surface area (Å²) in [7, 11) is 4.25. The zero-order chi connectivity index (χ0) is 17.6. The van der Waals surface area contributed by atoms with Crippen molar-refractivity contribution >= 4 is 5.91 Å². The van der Waals surface area contributed by atoms with E-state index in [4.69, 9.17) is 0 Å². The SMILES string of the molecule is CN(C)[C@@H]1CCN(CC(=O)N2CCCN(Cc3ccncc3)CC2)C1. The number of pyridine rings is 1. The van der Waals surface area contributed by atoms with Crippen LogP contribution < -0.4 is 0 Å². The van der Waals surface area contributed by atoms with Gasteiger partial charge in [0, 0.05) is 64.2 Å². The van der Waals surface area contributed by atoms with Crippen molar-refractivity contribution in [1.82, 2.24) is 24.6 Å². The van der Waals surface area contributed by atoms with E-state index in [0.29, 0.717) is 18.5 Å². The van der Waals surface area contributed by atoms with E-state index < -0.39 is 0 Å². The summed E-state index contributed by atoms with van der Waals surface area (Å²) in [4.78, 5) is 25.9. The van der Waals surface area contributed by atoms with E-state index in [1.807, 2.05) is 12.4 Å². The Morgan fingerprint density at radius 3 is 2.64 bits per heavy atom. The number of hydrogen-bond donors (Lipinski definition) is 0. The summed E-state index contributed by atoms with van der Waals surface area (Å²) in [5.74, 6) is 0.296. The van der Waals surface area contributed by atoms with Gasteiger partial charge in [-0.25, -0.2) is 0 Å². The highest BCUT2D eigenvalue weighted by atomic mass is 16.2. The zero-order valence-corrected chi connectivity index (χ0v) is 15.6.